The Balaban J connectivity index is 2.05. The highest BCUT2D eigenvalue weighted by atomic mass is 19.1. The number of nitrogens with zero attached hydrogens (tertiary/aromatic N) is 1. The first-order valence-electron chi connectivity index (χ1n) is 6.38. The van der Waals surface area contributed by atoms with Crippen molar-refractivity contribution in [2.75, 3.05) is 17.7 Å². The predicted molar refractivity (Wildman–Crippen MR) is 78.8 cm³/mol. The molecule has 1 heterocycles. The summed E-state index contributed by atoms with van der Waals surface area (Å²) in [7, 11) is 1.54. The van der Waals surface area contributed by atoms with Crippen molar-refractivity contribution in [1.29, 1.82) is 0 Å². The summed E-state index contributed by atoms with van der Waals surface area (Å²) in [6.45, 7) is 1.82. The van der Waals surface area contributed by atoms with Crippen LogP contribution in [0.2, 0.25) is 0 Å². The van der Waals surface area contributed by atoms with E-state index in [1.54, 1.807) is 25.4 Å². The Kier molecular flexibility index (Phi) is 4.71. The highest BCUT2D eigenvalue weighted by Crippen LogP contribution is 2.20. The molecule has 0 bridgehead atoms. The third-order valence-corrected chi connectivity index (χ3v) is 2.78. The van der Waals surface area contributed by atoms with Gasteiger partial charge in [-0.25, -0.2) is 9.37 Å². The molecule has 0 aliphatic heterocycles. The van der Waals surface area contributed by atoms with E-state index < -0.39 is 0 Å². The number of carbonyl (C=O) groups excluding carboxylic acids is 1. The van der Waals surface area contributed by atoms with E-state index in [-0.39, 0.29) is 11.7 Å². The second-order valence-corrected chi connectivity index (χ2v) is 4.44. The Labute approximate surface area is 122 Å². The maximum absolute atomic E-state index is 13.7. The lowest BCUT2D eigenvalue weighted by Crippen LogP contribution is -2.07. The van der Waals surface area contributed by atoms with Gasteiger partial charge in [0.25, 0.3) is 0 Å². The summed E-state index contributed by atoms with van der Waals surface area (Å²) in [5.41, 5.74) is 1.75. The first-order chi connectivity index (χ1) is 10.1. The topological polar surface area (TPSA) is 63.2 Å². The number of amides is 1. The molecule has 0 fully saturated rings. The largest absolute Gasteiger partial charge is 0.481 e. The number of ether oxygens (including phenoxy) is 1. The Hall–Kier alpha value is -2.63. The number of hydrogen-bond donors (Lipinski definition) is 2. The molecule has 0 unspecified atom stereocenters. The first kappa shape index (κ1) is 14.8. The number of nitrogens with one attached hydrogen (secondary N) is 2. The molecule has 1 aromatic carbocycles. The van der Waals surface area contributed by atoms with Gasteiger partial charge in [0, 0.05) is 31.4 Å². The van der Waals surface area contributed by atoms with Gasteiger partial charge in [-0.05, 0) is 23.8 Å². The minimum atomic E-state index is -0.384. The molecule has 0 aliphatic rings. The number of anilines is 2. The number of pyridine rings is 1. The van der Waals surface area contributed by atoms with Crippen molar-refractivity contribution >= 4 is 17.3 Å². The van der Waals surface area contributed by atoms with Gasteiger partial charge in [-0.15, -0.1) is 0 Å². The first-order valence-corrected chi connectivity index (χ1v) is 6.38. The maximum atomic E-state index is 13.7. The average molecular weight is 289 g/mol. The van der Waals surface area contributed by atoms with Crippen LogP contribution in [0.5, 0.6) is 5.88 Å². The van der Waals surface area contributed by atoms with Gasteiger partial charge in [0.05, 0.1) is 12.8 Å². The van der Waals surface area contributed by atoms with Crippen LogP contribution in [0.3, 0.4) is 0 Å². The van der Waals surface area contributed by atoms with Crippen molar-refractivity contribution in [2.45, 2.75) is 13.5 Å². The summed E-state index contributed by atoms with van der Waals surface area (Å²) >= 11 is 0. The monoisotopic (exact) mass is 289 g/mol. The quantitative estimate of drug-likeness (QED) is 0.888. The summed E-state index contributed by atoms with van der Waals surface area (Å²) in [5, 5.41) is 5.58. The van der Waals surface area contributed by atoms with Crippen LogP contribution in [-0.2, 0) is 11.3 Å². The van der Waals surface area contributed by atoms with Crippen molar-refractivity contribution in [3.05, 3.63) is 47.9 Å². The smallest absolute Gasteiger partial charge is 0.221 e. The SMILES string of the molecule is COc1ccc(CNc2cc(NC(C)=O)ccc2F)cn1. The second-order valence-electron chi connectivity index (χ2n) is 4.44. The maximum Gasteiger partial charge on any atom is 0.221 e. The van der Waals surface area contributed by atoms with E-state index in [0.29, 0.717) is 23.8 Å². The fraction of sp³-hybridized carbons (Fsp3) is 0.200. The summed E-state index contributed by atoms with van der Waals surface area (Å²) in [4.78, 5) is 15.1. The van der Waals surface area contributed by atoms with Crippen LogP contribution in [0.25, 0.3) is 0 Å². The molecule has 0 aliphatic carbocycles. The number of aromatic nitrogens is 1. The normalized spacial score (nSPS) is 10.0. The minimum Gasteiger partial charge on any atom is -0.481 e. The molecule has 0 radical (unpaired) electrons. The molecule has 2 N–H and O–H groups in total. The third kappa shape index (κ3) is 4.17. The van der Waals surface area contributed by atoms with Gasteiger partial charge in [0.15, 0.2) is 0 Å². The van der Waals surface area contributed by atoms with Gasteiger partial charge in [0.2, 0.25) is 11.8 Å². The van der Waals surface area contributed by atoms with Crippen LogP contribution in [0.4, 0.5) is 15.8 Å². The lowest BCUT2D eigenvalue weighted by molar-refractivity contribution is -0.114. The van der Waals surface area contributed by atoms with E-state index in [0.717, 1.165) is 5.56 Å². The molecule has 21 heavy (non-hydrogen) atoms. The van der Waals surface area contributed by atoms with E-state index >= 15 is 0 Å². The van der Waals surface area contributed by atoms with Gasteiger partial charge in [-0.2, -0.15) is 0 Å². The van der Waals surface area contributed by atoms with Crippen molar-refractivity contribution in [2.24, 2.45) is 0 Å². The van der Waals surface area contributed by atoms with Gasteiger partial charge >= 0.3 is 0 Å². The van der Waals surface area contributed by atoms with E-state index in [4.69, 9.17) is 4.74 Å². The molecular weight excluding hydrogens is 273 g/mol. The number of hydrogen-bond acceptors (Lipinski definition) is 4. The second kappa shape index (κ2) is 6.69. The summed E-state index contributed by atoms with van der Waals surface area (Å²) in [6, 6.07) is 7.94. The number of methoxy groups -OCH3 is 1. The summed E-state index contributed by atoms with van der Waals surface area (Å²) in [6.07, 6.45) is 1.65. The van der Waals surface area contributed by atoms with Crippen LogP contribution in [-0.4, -0.2) is 18.0 Å². The van der Waals surface area contributed by atoms with Crippen molar-refractivity contribution in [3.8, 4) is 5.88 Å². The molecule has 6 heteroatoms. The molecule has 5 nitrogen and oxygen atoms in total. The lowest BCUT2D eigenvalue weighted by atomic mass is 10.2. The fourth-order valence-corrected chi connectivity index (χ4v) is 1.78. The molecule has 1 amide bonds. The molecule has 0 saturated carbocycles. The Morgan fingerprint density at radius 1 is 1.33 bits per heavy atom. The van der Waals surface area contributed by atoms with E-state index in [2.05, 4.69) is 15.6 Å². The van der Waals surface area contributed by atoms with Crippen molar-refractivity contribution in [1.82, 2.24) is 4.98 Å². The molecule has 0 spiro atoms. The van der Waals surface area contributed by atoms with Crippen molar-refractivity contribution < 1.29 is 13.9 Å². The van der Waals surface area contributed by atoms with Crippen LogP contribution < -0.4 is 15.4 Å². The number of halogens is 1. The molecular formula is C15H16FN3O2. The summed E-state index contributed by atoms with van der Waals surface area (Å²) < 4.78 is 18.7. The number of rotatable bonds is 5. The van der Waals surface area contributed by atoms with E-state index in [1.807, 2.05) is 6.07 Å². The van der Waals surface area contributed by atoms with Gasteiger partial charge in [-0.3, -0.25) is 4.79 Å². The number of benzene rings is 1. The molecule has 1 aromatic heterocycles. The fourth-order valence-electron chi connectivity index (χ4n) is 1.78. The zero-order chi connectivity index (χ0) is 15.2. The Morgan fingerprint density at radius 2 is 2.14 bits per heavy atom. The van der Waals surface area contributed by atoms with Gasteiger partial charge in [-0.1, -0.05) is 6.07 Å². The van der Waals surface area contributed by atoms with Crippen LogP contribution >= 0.6 is 0 Å². The van der Waals surface area contributed by atoms with Gasteiger partial charge in [0.1, 0.15) is 5.82 Å². The van der Waals surface area contributed by atoms with Crippen LogP contribution in [0.1, 0.15) is 12.5 Å². The highest BCUT2D eigenvalue weighted by molar-refractivity contribution is 5.89. The highest BCUT2D eigenvalue weighted by Gasteiger charge is 2.05. The Morgan fingerprint density at radius 3 is 2.76 bits per heavy atom. The molecule has 2 rings (SSSR count). The molecule has 0 atom stereocenters. The average Bonchev–Trinajstić information content (AvgIpc) is 2.48. The molecule has 2 aromatic rings. The Bertz CT molecular complexity index is 629. The van der Waals surface area contributed by atoms with Gasteiger partial charge < -0.3 is 15.4 Å². The van der Waals surface area contributed by atoms with Crippen LogP contribution in [0.15, 0.2) is 36.5 Å². The third-order valence-electron chi connectivity index (χ3n) is 2.78. The zero-order valence-corrected chi connectivity index (χ0v) is 11.8. The van der Waals surface area contributed by atoms with Crippen molar-refractivity contribution in [3.63, 3.8) is 0 Å². The standard InChI is InChI=1S/C15H16FN3O2/c1-10(20)19-12-4-5-13(16)14(7-12)17-8-11-3-6-15(21-2)18-9-11/h3-7,9,17H,8H2,1-2H3,(H,19,20). The number of carbonyl (C=O) groups is 1. The zero-order valence-electron chi connectivity index (χ0n) is 11.8. The molecule has 110 valence electrons. The van der Waals surface area contributed by atoms with Crippen LogP contribution in [0, 0.1) is 5.82 Å². The van der Waals surface area contributed by atoms with E-state index in [9.17, 15) is 9.18 Å². The van der Waals surface area contributed by atoms with E-state index in [1.165, 1.54) is 19.1 Å². The lowest BCUT2D eigenvalue weighted by Gasteiger charge is -2.10. The summed E-state index contributed by atoms with van der Waals surface area (Å²) in [5.74, 6) is -0.0601. The predicted octanol–water partition coefficient (Wildman–Crippen LogP) is 2.80. The minimum absolute atomic E-state index is 0.202. The molecule has 0 saturated heterocycles.